The van der Waals surface area contributed by atoms with E-state index in [0.29, 0.717) is 0 Å². The third-order valence-corrected chi connectivity index (χ3v) is 2.12. The lowest BCUT2D eigenvalue weighted by Crippen LogP contribution is -2.40. The quantitative estimate of drug-likeness (QED) is 0.519. The highest BCUT2D eigenvalue weighted by molar-refractivity contribution is 5.81. The van der Waals surface area contributed by atoms with Crippen LogP contribution in [0.4, 0.5) is 0 Å². The fourth-order valence-electron chi connectivity index (χ4n) is 1.49. The molecule has 11 heavy (non-hydrogen) atoms. The fraction of sp³-hybridized carbons (Fsp3) is 0.667. The molecule has 1 rings (SSSR count). The van der Waals surface area contributed by atoms with Gasteiger partial charge in [0.1, 0.15) is 0 Å². The fourth-order valence-corrected chi connectivity index (χ4v) is 1.49. The molecule has 1 aliphatic rings. The number of carbonyl (C=O) groups is 1. The van der Waals surface area contributed by atoms with E-state index in [2.05, 4.69) is 6.04 Å². The summed E-state index contributed by atoms with van der Waals surface area (Å²) in [5.74, 6) is 0.157. The smallest absolute Gasteiger partial charge is 0.152 e. The lowest BCUT2D eigenvalue weighted by atomic mass is 10.00. The topological polar surface area (TPSA) is 20.3 Å². The van der Waals surface area contributed by atoms with Crippen LogP contribution in [0.1, 0.15) is 26.2 Å². The lowest BCUT2D eigenvalue weighted by Gasteiger charge is -2.30. The Balaban J connectivity index is 2.60. The highest BCUT2D eigenvalue weighted by atomic mass is 16.1. The van der Waals surface area contributed by atoms with Crippen LogP contribution in [0, 0.1) is 12.5 Å². The summed E-state index contributed by atoms with van der Waals surface area (Å²) in [7, 11) is 0. The molecular formula is C9H12NO. The summed E-state index contributed by atoms with van der Waals surface area (Å²) in [5, 5.41) is 0. The summed E-state index contributed by atoms with van der Waals surface area (Å²) in [6.45, 7) is 2.40. The van der Waals surface area contributed by atoms with Crippen LogP contribution in [0.15, 0.2) is 0 Å². The molecule has 1 radical (unpaired) electrons. The number of hydrogen-bond acceptors (Lipinski definition) is 2. The van der Waals surface area contributed by atoms with Gasteiger partial charge in [-0.2, -0.15) is 0 Å². The maximum atomic E-state index is 11.0. The van der Waals surface area contributed by atoms with Crippen LogP contribution in [-0.2, 0) is 4.79 Å². The number of likely N-dealkylation sites (tertiary alicyclic amines) is 1. The average Bonchev–Trinajstić information content (AvgIpc) is 2.04. The molecule has 1 saturated heterocycles. The van der Waals surface area contributed by atoms with Gasteiger partial charge in [0.25, 0.3) is 0 Å². The summed E-state index contributed by atoms with van der Waals surface area (Å²) < 4.78 is 0. The van der Waals surface area contributed by atoms with Gasteiger partial charge in [-0.1, -0.05) is 0 Å². The number of rotatable bonds is 1. The molecule has 0 spiro atoms. The van der Waals surface area contributed by atoms with E-state index in [1.807, 2.05) is 0 Å². The predicted molar refractivity (Wildman–Crippen MR) is 42.2 cm³/mol. The Morgan fingerprint density at radius 3 is 2.82 bits per heavy atom. The SMILES string of the molecule is [C]#CN1CCCCC1C(C)=O. The second kappa shape index (κ2) is 3.43. The highest BCUT2D eigenvalue weighted by Crippen LogP contribution is 2.16. The van der Waals surface area contributed by atoms with Gasteiger partial charge in [-0.25, -0.2) is 0 Å². The lowest BCUT2D eigenvalue weighted by molar-refractivity contribution is -0.121. The van der Waals surface area contributed by atoms with E-state index < -0.39 is 0 Å². The molecule has 0 aromatic rings. The molecule has 0 aromatic heterocycles. The van der Waals surface area contributed by atoms with Gasteiger partial charge in [-0.3, -0.25) is 4.79 Å². The normalized spacial score (nSPS) is 24.4. The highest BCUT2D eigenvalue weighted by Gasteiger charge is 2.23. The largest absolute Gasteiger partial charge is 0.321 e. The van der Waals surface area contributed by atoms with Crippen LogP contribution in [-0.4, -0.2) is 23.3 Å². The number of Topliss-reactive ketones (excluding diaryl/α,β-unsaturated/α-hetero) is 1. The van der Waals surface area contributed by atoms with Crippen LogP contribution in [0.25, 0.3) is 0 Å². The van der Waals surface area contributed by atoms with E-state index >= 15 is 0 Å². The van der Waals surface area contributed by atoms with Gasteiger partial charge in [-0.05, 0) is 26.2 Å². The number of hydrogen-bond donors (Lipinski definition) is 0. The monoisotopic (exact) mass is 150 g/mol. The third kappa shape index (κ3) is 1.74. The van der Waals surface area contributed by atoms with E-state index in [-0.39, 0.29) is 11.8 Å². The molecule has 1 heterocycles. The molecule has 2 heteroatoms. The number of carbonyl (C=O) groups excluding carboxylic acids is 1. The van der Waals surface area contributed by atoms with Crippen molar-refractivity contribution in [1.29, 1.82) is 0 Å². The molecule has 59 valence electrons. The first-order valence-corrected chi connectivity index (χ1v) is 3.95. The summed E-state index contributed by atoms with van der Waals surface area (Å²) in [5.41, 5.74) is 0. The number of nitrogens with zero attached hydrogens (tertiary/aromatic N) is 1. The Morgan fingerprint density at radius 1 is 1.64 bits per heavy atom. The van der Waals surface area contributed by atoms with Crippen molar-refractivity contribution in [3.8, 4) is 6.04 Å². The predicted octanol–water partition coefficient (Wildman–Crippen LogP) is 0.977. The minimum atomic E-state index is -0.0683. The van der Waals surface area contributed by atoms with Crippen LogP contribution in [0.3, 0.4) is 0 Å². The maximum absolute atomic E-state index is 11.0. The molecule has 1 atom stereocenters. The first kappa shape index (κ1) is 8.13. The zero-order chi connectivity index (χ0) is 8.27. The minimum Gasteiger partial charge on any atom is -0.321 e. The summed E-state index contributed by atoms with van der Waals surface area (Å²) >= 11 is 0. The van der Waals surface area contributed by atoms with Crippen LogP contribution < -0.4 is 0 Å². The standard InChI is InChI=1S/C9H12NO/c1-3-10-7-5-4-6-9(10)8(2)11/h9H,4-7H2,2H3. The Morgan fingerprint density at radius 2 is 2.36 bits per heavy atom. The summed E-state index contributed by atoms with van der Waals surface area (Å²) in [4.78, 5) is 12.7. The third-order valence-electron chi connectivity index (χ3n) is 2.12. The van der Waals surface area contributed by atoms with Crippen molar-refractivity contribution in [2.45, 2.75) is 32.2 Å². The van der Waals surface area contributed by atoms with E-state index in [9.17, 15) is 4.79 Å². The first-order chi connectivity index (χ1) is 5.25. The van der Waals surface area contributed by atoms with E-state index in [1.165, 1.54) is 0 Å². The molecule has 1 unspecified atom stereocenters. The molecule has 2 nitrogen and oxygen atoms in total. The van der Waals surface area contributed by atoms with Gasteiger partial charge < -0.3 is 4.90 Å². The number of ketones is 1. The maximum Gasteiger partial charge on any atom is 0.152 e. The zero-order valence-electron chi connectivity index (χ0n) is 6.76. The second-order valence-electron chi connectivity index (χ2n) is 2.93. The van der Waals surface area contributed by atoms with Crippen molar-refractivity contribution < 1.29 is 4.79 Å². The van der Waals surface area contributed by atoms with Crippen molar-refractivity contribution in [2.24, 2.45) is 0 Å². The molecule has 0 N–H and O–H groups in total. The molecule has 1 fully saturated rings. The van der Waals surface area contributed by atoms with Gasteiger partial charge in [-0.15, -0.1) is 0 Å². The van der Waals surface area contributed by atoms with Crippen molar-refractivity contribution in [3.05, 3.63) is 6.42 Å². The van der Waals surface area contributed by atoms with Gasteiger partial charge >= 0.3 is 0 Å². The van der Waals surface area contributed by atoms with E-state index in [1.54, 1.807) is 11.8 Å². The number of piperidine rings is 1. The van der Waals surface area contributed by atoms with Crippen molar-refractivity contribution >= 4 is 5.78 Å². The Bertz CT molecular complexity index is 192. The van der Waals surface area contributed by atoms with Gasteiger partial charge in [0.15, 0.2) is 5.78 Å². The van der Waals surface area contributed by atoms with Crippen LogP contribution in [0.2, 0.25) is 0 Å². The minimum absolute atomic E-state index is 0.0683. The molecule has 0 aromatic carbocycles. The van der Waals surface area contributed by atoms with Gasteiger partial charge in [0.05, 0.1) is 6.04 Å². The van der Waals surface area contributed by atoms with E-state index in [4.69, 9.17) is 6.42 Å². The van der Waals surface area contributed by atoms with Crippen molar-refractivity contribution in [1.82, 2.24) is 4.90 Å². The second-order valence-corrected chi connectivity index (χ2v) is 2.93. The molecule has 0 amide bonds. The summed E-state index contributed by atoms with van der Waals surface area (Å²) in [6.07, 6.45) is 10.0. The Kier molecular flexibility index (Phi) is 2.53. The Hall–Kier alpha value is -0.970. The van der Waals surface area contributed by atoms with Gasteiger partial charge in [0, 0.05) is 19.0 Å². The average molecular weight is 150 g/mol. The molecular weight excluding hydrogens is 138 g/mol. The summed E-state index contributed by atoms with van der Waals surface area (Å²) in [6, 6.07) is 2.23. The van der Waals surface area contributed by atoms with Crippen molar-refractivity contribution in [3.63, 3.8) is 0 Å². The molecule has 0 aliphatic carbocycles. The molecule has 0 bridgehead atoms. The molecule has 1 aliphatic heterocycles. The van der Waals surface area contributed by atoms with Crippen LogP contribution in [0.5, 0.6) is 0 Å². The van der Waals surface area contributed by atoms with E-state index in [0.717, 1.165) is 25.8 Å². The van der Waals surface area contributed by atoms with Crippen molar-refractivity contribution in [2.75, 3.05) is 6.54 Å². The van der Waals surface area contributed by atoms with Crippen LogP contribution >= 0.6 is 0 Å². The molecule has 0 saturated carbocycles. The zero-order valence-corrected chi connectivity index (χ0v) is 6.76. The Labute approximate surface area is 67.6 Å². The van der Waals surface area contributed by atoms with Gasteiger partial charge in [0.2, 0.25) is 0 Å². The first-order valence-electron chi connectivity index (χ1n) is 3.95.